The largest absolute Gasteiger partial charge is 0.396 e. The number of rotatable bonds is 5. The highest BCUT2D eigenvalue weighted by molar-refractivity contribution is 5.25. The quantitative estimate of drug-likeness (QED) is 0.832. The highest BCUT2D eigenvalue weighted by atomic mass is 16.3. The van der Waals surface area contributed by atoms with Gasteiger partial charge in [-0.05, 0) is 23.3 Å². The fourth-order valence-electron chi connectivity index (χ4n) is 2.12. The third kappa shape index (κ3) is 2.72. The lowest BCUT2D eigenvalue weighted by Crippen LogP contribution is -2.18. The van der Waals surface area contributed by atoms with Gasteiger partial charge in [0.25, 0.3) is 0 Å². The van der Waals surface area contributed by atoms with E-state index in [1.807, 2.05) is 24.3 Å². The monoisotopic (exact) mass is 244 g/mol. The van der Waals surface area contributed by atoms with Gasteiger partial charge in [-0.15, -0.1) is 0 Å². The van der Waals surface area contributed by atoms with Crippen LogP contribution >= 0.6 is 0 Å². The molecule has 0 aliphatic rings. The van der Waals surface area contributed by atoms with Gasteiger partial charge in [-0.3, -0.25) is 9.97 Å². The smallest absolute Gasteiger partial charge is 0.0507 e. The molecule has 4 nitrogen and oxygen atoms in total. The molecule has 94 valence electrons. The first kappa shape index (κ1) is 12.7. The molecule has 0 amide bonds. The van der Waals surface area contributed by atoms with E-state index in [9.17, 15) is 10.2 Å². The van der Waals surface area contributed by atoms with Crippen molar-refractivity contribution in [3.63, 3.8) is 0 Å². The molecule has 0 fully saturated rings. The predicted molar refractivity (Wildman–Crippen MR) is 68.1 cm³/mol. The molecule has 2 atom stereocenters. The van der Waals surface area contributed by atoms with Gasteiger partial charge in [0.1, 0.15) is 0 Å². The number of nitrogens with zero attached hydrogens (tertiary/aromatic N) is 2. The molecule has 2 unspecified atom stereocenters. The molecule has 0 saturated carbocycles. The van der Waals surface area contributed by atoms with Crippen molar-refractivity contribution in [3.05, 3.63) is 60.2 Å². The van der Waals surface area contributed by atoms with E-state index < -0.39 is 0 Å². The molecule has 18 heavy (non-hydrogen) atoms. The Balaban J connectivity index is 2.31. The van der Waals surface area contributed by atoms with Gasteiger partial charge in [-0.1, -0.05) is 12.1 Å². The fourth-order valence-corrected chi connectivity index (χ4v) is 2.12. The number of aliphatic hydroxyl groups is 2. The van der Waals surface area contributed by atoms with Crippen LogP contribution < -0.4 is 0 Å². The van der Waals surface area contributed by atoms with Gasteiger partial charge in [-0.2, -0.15) is 0 Å². The molecule has 2 aromatic heterocycles. The lowest BCUT2D eigenvalue weighted by Gasteiger charge is -2.24. The van der Waals surface area contributed by atoms with Gasteiger partial charge in [0.15, 0.2) is 0 Å². The van der Waals surface area contributed by atoms with Crippen molar-refractivity contribution in [2.45, 2.75) is 11.8 Å². The van der Waals surface area contributed by atoms with Crippen LogP contribution in [-0.2, 0) is 0 Å². The van der Waals surface area contributed by atoms with E-state index in [4.69, 9.17) is 0 Å². The van der Waals surface area contributed by atoms with Gasteiger partial charge < -0.3 is 10.2 Å². The van der Waals surface area contributed by atoms with Crippen LogP contribution in [0.4, 0.5) is 0 Å². The van der Waals surface area contributed by atoms with Crippen molar-refractivity contribution in [3.8, 4) is 0 Å². The summed E-state index contributed by atoms with van der Waals surface area (Å²) in [5.41, 5.74) is 1.84. The van der Waals surface area contributed by atoms with Crippen LogP contribution in [0.1, 0.15) is 23.0 Å². The van der Waals surface area contributed by atoms with Crippen LogP contribution in [0.3, 0.4) is 0 Å². The normalized spacial score (nSPS) is 14.1. The third-order valence-electron chi connectivity index (χ3n) is 3.10. The first-order valence-electron chi connectivity index (χ1n) is 5.88. The Morgan fingerprint density at radius 2 is 1.28 bits per heavy atom. The second-order valence-corrected chi connectivity index (χ2v) is 4.15. The Bertz CT molecular complexity index is 416. The van der Waals surface area contributed by atoms with E-state index in [0.717, 1.165) is 11.1 Å². The van der Waals surface area contributed by atoms with Gasteiger partial charge >= 0.3 is 0 Å². The van der Waals surface area contributed by atoms with Crippen molar-refractivity contribution in [1.29, 1.82) is 0 Å². The van der Waals surface area contributed by atoms with Crippen LogP contribution in [0.25, 0.3) is 0 Å². The van der Waals surface area contributed by atoms with E-state index in [1.165, 1.54) is 0 Å². The Kier molecular flexibility index (Phi) is 4.39. The summed E-state index contributed by atoms with van der Waals surface area (Å²) in [4.78, 5) is 8.11. The molecule has 2 N–H and O–H groups in total. The molecule has 0 bridgehead atoms. The zero-order valence-electron chi connectivity index (χ0n) is 9.98. The van der Waals surface area contributed by atoms with Gasteiger partial charge in [0.05, 0.1) is 13.2 Å². The Hall–Kier alpha value is -1.78. The molecule has 0 aliphatic heterocycles. The van der Waals surface area contributed by atoms with E-state index in [-0.39, 0.29) is 25.0 Å². The highest BCUT2D eigenvalue weighted by Gasteiger charge is 2.23. The molecule has 2 aromatic rings. The first-order valence-corrected chi connectivity index (χ1v) is 5.88. The number of hydrogen-bond donors (Lipinski definition) is 2. The van der Waals surface area contributed by atoms with Crippen molar-refractivity contribution in [1.82, 2.24) is 9.97 Å². The van der Waals surface area contributed by atoms with Crippen LogP contribution in [0.15, 0.2) is 49.1 Å². The standard InChI is InChI=1S/C14H16N2O2/c17-9-13(11-3-1-5-15-7-11)14(10-18)12-4-2-6-16-8-12/h1-8,13-14,17-18H,9-10H2. The summed E-state index contributed by atoms with van der Waals surface area (Å²) in [6.07, 6.45) is 6.83. The molecule has 0 saturated heterocycles. The van der Waals surface area contributed by atoms with Crippen LogP contribution in [-0.4, -0.2) is 33.4 Å². The van der Waals surface area contributed by atoms with Gasteiger partial charge in [0, 0.05) is 36.6 Å². The van der Waals surface area contributed by atoms with Gasteiger partial charge in [-0.25, -0.2) is 0 Å². The summed E-state index contributed by atoms with van der Waals surface area (Å²) >= 11 is 0. The molecule has 2 rings (SSSR count). The second kappa shape index (κ2) is 6.23. The topological polar surface area (TPSA) is 66.2 Å². The fraction of sp³-hybridized carbons (Fsp3) is 0.286. The Morgan fingerprint density at radius 1 is 0.833 bits per heavy atom. The van der Waals surface area contributed by atoms with E-state index in [2.05, 4.69) is 9.97 Å². The minimum atomic E-state index is -0.173. The average Bonchev–Trinajstić information content (AvgIpc) is 2.46. The highest BCUT2D eigenvalue weighted by Crippen LogP contribution is 2.31. The molecule has 2 heterocycles. The number of aromatic nitrogens is 2. The lowest BCUT2D eigenvalue weighted by atomic mass is 9.83. The molecular weight excluding hydrogens is 228 g/mol. The number of hydrogen-bond acceptors (Lipinski definition) is 4. The summed E-state index contributed by atoms with van der Waals surface area (Å²) in [6, 6.07) is 7.48. The van der Waals surface area contributed by atoms with Crippen molar-refractivity contribution >= 4 is 0 Å². The molecule has 0 radical (unpaired) electrons. The van der Waals surface area contributed by atoms with E-state index >= 15 is 0 Å². The summed E-state index contributed by atoms with van der Waals surface area (Å²) in [5, 5.41) is 19.2. The molecule has 0 spiro atoms. The van der Waals surface area contributed by atoms with Gasteiger partial charge in [0.2, 0.25) is 0 Å². The molecule has 0 aromatic carbocycles. The van der Waals surface area contributed by atoms with Crippen molar-refractivity contribution in [2.75, 3.05) is 13.2 Å². The van der Waals surface area contributed by atoms with Crippen molar-refractivity contribution < 1.29 is 10.2 Å². The average molecular weight is 244 g/mol. The minimum Gasteiger partial charge on any atom is -0.396 e. The second-order valence-electron chi connectivity index (χ2n) is 4.15. The molecular formula is C14H16N2O2. The summed E-state index contributed by atoms with van der Waals surface area (Å²) in [6.45, 7) is -0.0718. The number of pyridine rings is 2. The molecule has 0 aliphatic carbocycles. The first-order chi connectivity index (χ1) is 8.86. The summed E-state index contributed by atoms with van der Waals surface area (Å²) in [7, 11) is 0. The van der Waals surface area contributed by atoms with Crippen LogP contribution in [0.2, 0.25) is 0 Å². The lowest BCUT2D eigenvalue weighted by molar-refractivity contribution is 0.196. The SMILES string of the molecule is OCC(c1cccnc1)C(CO)c1cccnc1. The molecule has 4 heteroatoms. The van der Waals surface area contributed by atoms with E-state index in [1.54, 1.807) is 24.8 Å². The maximum Gasteiger partial charge on any atom is 0.0507 e. The Labute approximate surface area is 106 Å². The van der Waals surface area contributed by atoms with Crippen molar-refractivity contribution in [2.24, 2.45) is 0 Å². The van der Waals surface area contributed by atoms with Crippen LogP contribution in [0, 0.1) is 0 Å². The third-order valence-corrected chi connectivity index (χ3v) is 3.10. The summed E-state index contributed by atoms with van der Waals surface area (Å²) in [5.74, 6) is -0.346. The van der Waals surface area contributed by atoms with Crippen LogP contribution in [0.5, 0.6) is 0 Å². The Morgan fingerprint density at radius 3 is 1.56 bits per heavy atom. The maximum absolute atomic E-state index is 9.58. The maximum atomic E-state index is 9.58. The van der Waals surface area contributed by atoms with E-state index in [0.29, 0.717) is 0 Å². The zero-order chi connectivity index (χ0) is 12.8. The minimum absolute atomic E-state index is 0.0359. The zero-order valence-corrected chi connectivity index (χ0v) is 9.98. The predicted octanol–water partition coefficient (Wildman–Crippen LogP) is 1.33. The summed E-state index contributed by atoms with van der Waals surface area (Å²) < 4.78 is 0. The number of aliphatic hydroxyl groups excluding tert-OH is 2.